The number of imidazole rings is 1. The monoisotopic (exact) mass is 235 g/mol. The van der Waals surface area contributed by atoms with Crippen molar-refractivity contribution >= 4 is 0 Å². The van der Waals surface area contributed by atoms with E-state index in [1.165, 1.54) is 44.2 Å². The first-order chi connectivity index (χ1) is 8.33. The van der Waals surface area contributed by atoms with Gasteiger partial charge in [0.05, 0.1) is 18.1 Å². The van der Waals surface area contributed by atoms with Gasteiger partial charge in [0.25, 0.3) is 0 Å². The van der Waals surface area contributed by atoms with Gasteiger partial charge in [-0.1, -0.05) is 26.2 Å². The Labute approximate surface area is 105 Å². The first-order valence-corrected chi connectivity index (χ1v) is 7.02. The summed E-state index contributed by atoms with van der Waals surface area (Å²) in [5.41, 5.74) is 1.35. The molecule has 1 heterocycles. The van der Waals surface area contributed by atoms with Crippen molar-refractivity contribution in [2.75, 3.05) is 6.54 Å². The average molecular weight is 235 g/mol. The van der Waals surface area contributed by atoms with Gasteiger partial charge in [-0.15, -0.1) is 0 Å². The Kier molecular flexibility index (Phi) is 4.60. The minimum atomic E-state index is 0.503. The highest BCUT2D eigenvalue weighted by Crippen LogP contribution is 2.34. The topological polar surface area (TPSA) is 29.9 Å². The van der Waals surface area contributed by atoms with Gasteiger partial charge >= 0.3 is 0 Å². The van der Waals surface area contributed by atoms with E-state index in [2.05, 4.69) is 28.8 Å². The standard InChI is InChI=1S/C14H25N3/c1-3-9-16-14(12-7-5-4-6-8-12)13-10-15-11-17(13)2/h10-12,14,16H,3-9H2,1-2H3. The molecular formula is C14H25N3. The van der Waals surface area contributed by atoms with Gasteiger partial charge < -0.3 is 9.88 Å². The van der Waals surface area contributed by atoms with Crippen molar-refractivity contribution in [1.29, 1.82) is 0 Å². The average Bonchev–Trinajstić information content (AvgIpc) is 2.78. The molecule has 1 aliphatic rings. The van der Waals surface area contributed by atoms with E-state index < -0.39 is 0 Å². The molecule has 1 aromatic heterocycles. The first-order valence-electron chi connectivity index (χ1n) is 7.02. The Morgan fingerprint density at radius 1 is 1.41 bits per heavy atom. The summed E-state index contributed by atoms with van der Waals surface area (Å²) < 4.78 is 2.17. The predicted molar refractivity (Wildman–Crippen MR) is 70.8 cm³/mol. The van der Waals surface area contributed by atoms with Crippen LogP contribution in [0.3, 0.4) is 0 Å². The second-order valence-electron chi connectivity index (χ2n) is 5.26. The van der Waals surface area contributed by atoms with Gasteiger partial charge in [-0.3, -0.25) is 0 Å². The molecule has 17 heavy (non-hydrogen) atoms. The van der Waals surface area contributed by atoms with Crippen LogP contribution in [0.1, 0.15) is 57.2 Å². The quantitative estimate of drug-likeness (QED) is 0.850. The normalized spacial score (nSPS) is 19.4. The number of rotatable bonds is 5. The van der Waals surface area contributed by atoms with E-state index in [1.54, 1.807) is 0 Å². The Balaban J connectivity index is 2.09. The molecule has 0 radical (unpaired) electrons. The summed E-state index contributed by atoms with van der Waals surface area (Å²) in [7, 11) is 2.10. The number of nitrogens with zero attached hydrogens (tertiary/aromatic N) is 2. The lowest BCUT2D eigenvalue weighted by Gasteiger charge is -2.31. The van der Waals surface area contributed by atoms with Gasteiger partial charge in [0.1, 0.15) is 0 Å². The number of aromatic nitrogens is 2. The second-order valence-corrected chi connectivity index (χ2v) is 5.26. The van der Waals surface area contributed by atoms with E-state index in [-0.39, 0.29) is 0 Å². The molecule has 0 amide bonds. The molecule has 3 nitrogen and oxygen atoms in total. The van der Waals surface area contributed by atoms with Crippen LogP contribution in [0, 0.1) is 5.92 Å². The largest absolute Gasteiger partial charge is 0.336 e. The van der Waals surface area contributed by atoms with Crippen LogP contribution in [-0.4, -0.2) is 16.1 Å². The van der Waals surface area contributed by atoms with Crippen LogP contribution in [0.5, 0.6) is 0 Å². The maximum Gasteiger partial charge on any atom is 0.0946 e. The zero-order valence-electron chi connectivity index (χ0n) is 11.2. The summed E-state index contributed by atoms with van der Waals surface area (Å²) in [4.78, 5) is 4.27. The molecule has 1 aliphatic carbocycles. The zero-order chi connectivity index (χ0) is 12.1. The third kappa shape index (κ3) is 3.09. The van der Waals surface area contributed by atoms with E-state index in [0.717, 1.165) is 12.5 Å². The minimum Gasteiger partial charge on any atom is -0.336 e. The molecule has 1 fully saturated rings. The van der Waals surface area contributed by atoms with Crippen LogP contribution < -0.4 is 5.32 Å². The van der Waals surface area contributed by atoms with Crippen molar-refractivity contribution in [2.24, 2.45) is 13.0 Å². The van der Waals surface area contributed by atoms with Crippen molar-refractivity contribution in [3.8, 4) is 0 Å². The van der Waals surface area contributed by atoms with Crippen LogP contribution in [-0.2, 0) is 7.05 Å². The zero-order valence-corrected chi connectivity index (χ0v) is 11.2. The van der Waals surface area contributed by atoms with E-state index >= 15 is 0 Å². The van der Waals surface area contributed by atoms with Gasteiger partial charge in [-0.25, -0.2) is 4.98 Å². The third-order valence-electron chi connectivity index (χ3n) is 3.91. The van der Waals surface area contributed by atoms with Crippen molar-refractivity contribution in [1.82, 2.24) is 14.9 Å². The Hall–Kier alpha value is -0.830. The maximum atomic E-state index is 4.27. The number of hydrogen-bond acceptors (Lipinski definition) is 2. The van der Waals surface area contributed by atoms with Crippen molar-refractivity contribution in [3.63, 3.8) is 0 Å². The fraction of sp³-hybridized carbons (Fsp3) is 0.786. The van der Waals surface area contributed by atoms with Gasteiger partial charge in [0.2, 0.25) is 0 Å². The SMILES string of the molecule is CCCNC(c1cncn1C)C1CCCCC1. The van der Waals surface area contributed by atoms with E-state index in [4.69, 9.17) is 0 Å². The molecule has 0 saturated heterocycles. The summed E-state index contributed by atoms with van der Waals surface area (Å²) in [6.45, 7) is 3.33. The van der Waals surface area contributed by atoms with Crippen LogP contribution >= 0.6 is 0 Å². The number of aryl methyl sites for hydroxylation is 1. The molecule has 1 aromatic rings. The van der Waals surface area contributed by atoms with Crippen molar-refractivity contribution in [2.45, 2.75) is 51.5 Å². The molecule has 0 spiro atoms. The molecule has 0 aliphatic heterocycles. The highest BCUT2D eigenvalue weighted by molar-refractivity contribution is 5.07. The van der Waals surface area contributed by atoms with Gasteiger partial charge in [0, 0.05) is 13.2 Å². The van der Waals surface area contributed by atoms with Crippen LogP contribution in [0.4, 0.5) is 0 Å². The first kappa shape index (κ1) is 12.6. The maximum absolute atomic E-state index is 4.27. The molecule has 1 saturated carbocycles. The molecule has 96 valence electrons. The summed E-state index contributed by atoms with van der Waals surface area (Å²) in [6, 6.07) is 0.503. The van der Waals surface area contributed by atoms with Crippen LogP contribution in [0.2, 0.25) is 0 Å². The summed E-state index contributed by atoms with van der Waals surface area (Å²) in [5, 5.41) is 3.72. The fourth-order valence-corrected chi connectivity index (χ4v) is 2.95. The number of nitrogens with one attached hydrogen (secondary N) is 1. The summed E-state index contributed by atoms with van der Waals surface area (Å²) in [6.07, 6.45) is 12.1. The van der Waals surface area contributed by atoms with Gasteiger partial charge in [-0.2, -0.15) is 0 Å². The van der Waals surface area contributed by atoms with Crippen LogP contribution in [0.25, 0.3) is 0 Å². The lowest BCUT2D eigenvalue weighted by molar-refractivity contribution is 0.265. The second kappa shape index (κ2) is 6.20. The van der Waals surface area contributed by atoms with Crippen molar-refractivity contribution < 1.29 is 0 Å². The van der Waals surface area contributed by atoms with Gasteiger partial charge in [0.15, 0.2) is 0 Å². The Morgan fingerprint density at radius 2 is 2.18 bits per heavy atom. The Bertz CT molecular complexity index is 326. The van der Waals surface area contributed by atoms with Crippen molar-refractivity contribution in [3.05, 3.63) is 18.2 Å². The lowest BCUT2D eigenvalue weighted by atomic mass is 9.82. The number of hydrogen-bond donors (Lipinski definition) is 1. The molecule has 1 unspecified atom stereocenters. The fourth-order valence-electron chi connectivity index (χ4n) is 2.95. The molecule has 0 bridgehead atoms. The highest BCUT2D eigenvalue weighted by Gasteiger charge is 2.26. The molecule has 3 heteroatoms. The summed E-state index contributed by atoms with van der Waals surface area (Å²) >= 11 is 0. The predicted octanol–water partition coefficient (Wildman–Crippen LogP) is 3.04. The Morgan fingerprint density at radius 3 is 2.76 bits per heavy atom. The van der Waals surface area contributed by atoms with E-state index in [1.807, 2.05) is 12.5 Å². The third-order valence-corrected chi connectivity index (χ3v) is 3.91. The molecular weight excluding hydrogens is 210 g/mol. The molecule has 1 atom stereocenters. The van der Waals surface area contributed by atoms with Crippen LogP contribution in [0.15, 0.2) is 12.5 Å². The molecule has 1 N–H and O–H groups in total. The molecule has 2 rings (SSSR count). The smallest absolute Gasteiger partial charge is 0.0946 e. The summed E-state index contributed by atoms with van der Waals surface area (Å²) in [5.74, 6) is 0.797. The van der Waals surface area contributed by atoms with Gasteiger partial charge in [-0.05, 0) is 31.7 Å². The highest BCUT2D eigenvalue weighted by atomic mass is 15.1. The molecule has 0 aromatic carbocycles. The van der Waals surface area contributed by atoms with E-state index in [9.17, 15) is 0 Å². The lowest BCUT2D eigenvalue weighted by Crippen LogP contribution is -2.31. The van der Waals surface area contributed by atoms with E-state index in [0.29, 0.717) is 6.04 Å². The minimum absolute atomic E-state index is 0.503.